The molecule has 4 atom stereocenters. The Morgan fingerprint density at radius 1 is 1.04 bits per heavy atom. The number of hydrogen-bond donors (Lipinski definition) is 0. The first-order valence-electron chi connectivity index (χ1n) is 7.52. The van der Waals surface area contributed by atoms with Gasteiger partial charge < -0.3 is 0 Å². The van der Waals surface area contributed by atoms with E-state index in [0.717, 1.165) is 10.0 Å². The minimum absolute atomic E-state index is 0.0812. The van der Waals surface area contributed by atoms with Gasteiger partial charge in [-0.25, -0.2) is 0 Å². The summed E-state index contributed by atoms with van der Waals surface area (Å²) in [5.41, 5.74) is 1.06. The molecule has 2 saturated heterocycles. The van der Waals surface area contributed by atoms with E-state index in [1.165, 1.54) is 18.0 Å². The Labute approximate surface area is 142 Å². The summed E-state index contributed by atoms with van der Waals surface area (Å²) in [7, 11) is 1.51. The van der Waals surface area contributed by atoms with Crippen molar-refractivity contribution in [3.63, 3.8) is 0 Å². The third kappa shape index (κ3) is 2.05. The van der Waals surface area contributed by atoms with Gasteiger partial charge >= 0.3 is 0 Å². The fraction of sp³-hybridized carbons (Fsp3) is 0.353. The Morgan fingerprint density at radius 2 is 1.70 bits per heavy atom. The van der Waals surface area contributed by atoms with Crippen LogP contribution in [-0.4, -0.2) is 46.5 Å². The van der Waals surface area contributed by atoms with E-state index in [1.807, 2.05) is 29.2 Å². The molecule has 0 unspecified atom stereocenters. The lowest BCUT2D eigenvalue weighted by Crippen LogP contribution is -2.48. The van der Waals surface area contributed by atoms with Crippen molar-refractivity contribution >= 4 is 33.5 Å². The van der Waals surface area contributed by atoms with Gasteiger partial charge in [0.15, 0.2) is 5.78 Å². The minimum atomic E-state index is -0.546. The van der Waals surface area contributed by atoms with E-state index >= 15 is 0 Å². The first kappa shape index (κ1) is 14.8. The standard InChI is InChI=1S/C17H15BrN2O3/c1-19-16(22)13-11-6-7-12(21)15(14(13)17(19)23)20(11)8-9-2-4-10(18)5-3-9/h2-7,11,13-15H,8H2,1H3/t11-,13+,14+,15-/m0/s1. The van der Waals surface area contributed by atoms with E-state index in [-0.39, 0.29) is 23.6 Å². The van der Waals surface area contributed by atoms with Crippen LogP contribution in [-0.2, 0) is 20.9 Å². The molecule has 3 aliphatic heterocycles. The highest BCUT2D eigenvalue weighted by Gasteiger charge is 2.63. The van der Waals surface area contributed by atoms with E-state index in [2.05, 4.69) is 15.9 Å². The maximum atomic E-state index is 12.4. The quantitative estimate of drug-likeness (QED) is 0.733. The monoisotopic (exact) mass is 374 g/mol. The van der Waals surface area contributed by atoms with E-state index in [9.17, 15) is 14.4 Å². The van der Waals surface area contributed by atoms with Crippen molar-refractivity contribution in [2.75, 3.05) is 7.05 Å². The number of hydrogen-bond acceptors (Lipinski definition) is 4. The molecule has 4 rings (SSSR count). The van der Waals surface area contributed by atoms with Gasteiger partial charge in [-0.2, -0.15) is 0 Å². The molecule has 1 aromatic carbocycles. The summed E-state index contributed by atoms with van der Waals surface area (Å²) in [5, 5.41) is 0. The predicted molar refractivity (Wildman–Crippen MR) is 86.2 cm³/mol. The number of rotatable bonds is 2. The second-order valence-corrected chi connectivity index (χ2v) is 7.20. The van der Waals surface area contributed by atoms with Crippen LogP contribution >= 0.6 is 15.9 Å². The number of benzene rings is 1. The number of carbonyl (C=O) groups excluding carboxylic acids is 3. The third-order valence-electron chi connectivity index (χ3n) is 5.09. The second-order valence-electron chi connectivity index (χ2n) is 6.28. The van der Waals surface area contributed by atoms with Gasteiger partial charge in [0, 0.05) is 24.1 Å². The Balaban J connectivity index is 1.71. The van der Waals surface area contributed by atoms with Crippen molar-refractivity contribution in [1.82, 2.24) is 9.80 Å². The molecule has 5 nitrogen and oxygen atoms in total. The minimum Gasteiger partial charge on any atom is -0.293 e. The lowest BCUT2D eigenvalue weighted by atomic mass is 9.90. The van der Waals surface area contributed by atoms with Crippen LogP contribution in [0.15, 0.2) is 40.9 Å². The molecule has 118 valence electrons. The number of imide groups is 1. The number of ketones is 1. The van der Waals surface area contributed by atoms with Crippen LogP contribution < -0.4 is 0 Å². The van der Waals surface area contributed by atoms with Crippen molar-refractivity contribution in [3.8, 4) is 0 Å². The molecule has 0 radical (unpaired) electrons. The summed E-state index contributed by atoms with van der Waals surface area (Å²) in [4.78, 5) is 40.4. The highest BCUT2D eigenvalue weighted by molar-refractivity contribution is 9.10. The van der Waals surface area contributed by atoms with Gasteiger partial charge in [-0.05, 0) is 23.8 Å². The van der Waals surface area contributed by atoms with Gasteiger partial charge in [0.25, 0.3) is 0 Å². The molecule has 0 N–H and O–H groups in total. The van der Waals surface area contributed by atoms with E-state index < -0.39 is 17.9 Å². The lowest BCUT2D eigenvalue weighted by Gasteiger charge is -2.32. The maximum absolute atomic E-state index is 12.4. The third-order valence-corrected chi connectivity index (χ3v) is 5.62. The molecule has 0 aromatic heterocycles. The van der Waals surface area contributed by atoms with Crippen molar-refractivity contribution in [1.29, 1.82) is 0 Å². The molecule has 6 heteroatoms. The molecule has 23 heavy (non-hydrogen) atoms. The predicted octanol–water partition coefficient (Wildman–Crippen LogP) is 1.37. The van der Waals surface area contributed by atoms with Crippen molar-refractivity contribution in [2.24, 2.45) is 11.8 Å². The van der Waals surface area contributed by atoms with E-state index in [4.69, 9.17) is 0 Å². The molecule has 2 amide bonds. The number of likely N-dealkylation sites (tertiary alicyclic amines) is 1. The molecule has 3 aliphatic rings. The Morgan fingerprint density at radius 3 is 2.39 bits per heavy atom. The first-order valence-corrected chi connectivity index (χ1v) is 8.32. The summed E-state index contributed by atoms with van der Waals surface area (Å²) in [6.45, 7) is 0.552. The highest BCUT2D eigenvalue weighted by Crippen LogP contribution is 2.45. The fourth-order valence-corrected chi connectivity index (χ4v) is 4.28. The van der Waals surface area contributed by atoms with Gasteiger partial charge in [0.2, 0.25) is 11.8 Å². The van der Waals surface area contributed by atoms with Gasteiger partial charge in [-0.1, -0.05) is 34.1 Å². The highest BCUT2D eigenvalue weighted by atomic mass is 79.9. The van der Waals surface area contributed by atoms with Crippen LogP contribution in [0.25, 0.3) is 0 Å². The Hall–Kier alpha value is -1.79. The zero-order valence-corrected chi connectivity index (χ0v) is 14.1. The molecule has 2 fully saturated rings. The van der Waals surface area contributed by atoms with Crippen molar-refractivity contribution in [2.45, 2.75) is 18.6 Å². The van der Waals surface area contributed by atoms with Gasteiger partial charge in [0.1, 0.15) is 0 Å². The second kappa shape index (κ2) is 5.11. The zero-order valence-electron chi connectivity index (χ0n) is 12.5. The zero-order chi connectivity index (χ0) is 16.3. The maximum Gasteiger partial charge on any atom is 0.234 e. The molecule has 0 spiro atoms. The SMILES string of the molecule is CN1C(=O)[C@@H]2[C@H](C1=O)[C@@H]1C=CC(=O)[C@@H]2N1Cc1ccc(Br)cc1. The average molecular weight is 375 g/mol. The number of nitrogens with zero attached hydrogens (tertiary/aromatic N) is 2. The largest absolute Gasteiger partial charge is 0.293 e. The topological polar surface area (TPSA) is 57.7 Å². The summed E-state index contributed by atoms with van der Waals surface area (Å²) < 4.78 is 0.989. The number of carbonyl (C=O) groups is 3. The normalized spacial score (nSPS) is 32.8. The van der Waals surface area contributed by atoms with Crippen molar-refractivity contribution in [3.05, 3.63) is 46.5 Å². The van der Waals surface area contributed by atoms with Gasteiger partial charge in [0.05, 0.1) is 17.9 Å². The number of fused-ring (bicyclic) bond motifs is 5. The summed E-state index contributed by atoms with van der Waals surface area (Å²) >= 11 is 3.40. The van der Waals surface area contributed by atoms with Crippen LogP contribution in [0.2, 0.25) is 0 Å². The van der Waals surface area contributed by atoms with E-state index in [0.29, 0.717) is 6.54 Å². The molecule has 2 bridgehead atoms. The molecule has 0 saturated carbocycles. The van der Waals surface area contributed by atoms with Crippen LogP contribution in [0.4, 0.5) is 0 Å². The number of amides is 2. The molecule has 0 aliphatic carbocycles. The molecular weight excluding hydrogens is 360 g/mol. The molecule has 3 heterocycles. The Kier molecular flexibility index (Phi) is 3.28. The van der Waals surface area contributed by atoms with Crippen LogP contribution in [0.5, 0.6) is 0 Å². The van der Waals surface area contributed by atoms with Crippen LogP contribution in [0, 0.1) is 11.8 Å². The van der Waals surface area contributed by atoms with Crippen LogP contribution in [0.3, 0.4) is 0 Å². The Bertz CT molecular complexity index is 743. The van der Waals surface area contributed by atoms with Crippen LogP contribution in [0.1, 0.15) is 5.56 Å². The number of halogens is 1. The summed E-state index contributed by atoms with van der Waals surface area (Å²) in [6, 6.07) is 7.15. The molecular formula is C17H15BrN2O3. The van der Waals surface area contributed by atoms with E-state index in [1.54, 1.807) is 6.08 Å². The smallest absolute Gasteiger partial charge is 0.234 e. The van der Waals surface area contributed by atoms with Crippen molar-refractivity contribution < 1.29 is 14.4 Å². The molecule has 1 aromatic rings. The summed E-state index contributed by atoms with van der Waals surface area (Å²) in [6.07, 6.45) is 3.32. The summed E-state index contributed by atoms with van der Waals surface area (Å²) in [5.74, 6) is -1.47. The van der Waals surface area contributed by atoms with Gasteiger partial charge in [-0.15, -0.1) is 0 Å². The lowest BCUT2D eigenvalue weighted by molar-refractivity contribution is -0.141. The van der Waals surface area contributed by atoms with Gasteiger partial charge in [-0.3, -0.25) is 24.2 Å². The first-order chi connectivity index (χ1) is 11.0. The average Bonchev–Trinajstić information content (AvgIpc) is 2.89. The fourth-order valence-electron chi connectivity index (χ4n) is 4.02.